The number of thiophene rings is 1. The maximum Gasteiger partial charge on any atom is 0.322 e. The number of anilines is 1. The van der Waals surface area contributed by atoms with E-state index in [1.807, 2.05) is 16.2 Å². The second kappa shape index (κ2) is 9.21. The largest absolute Gasteiger partial charge is 0.322 e. The Kier molecular flexibility index (Phi) is 5.90. The van der Waals surface area contributed by atoms with Crippen molar-refractivity contribution in [2.75, 3.05) is 11.6 Å². The van der Waals surface area contributed by atoms with Crippen molar-refractivity contribution in [3.05, 3.63) is 99.9 Å². The average Bonchev–Trinajstić information content (AvgIpc) is 3.47. The van der Waals surface area contributed by atoms with Gasteiger partial charge in [-0.25, -0.2) is 9.18 Å². The van der Waals surface area contributed by atoms with E-state index in [1.54, 1.807) is 23.9 Å². The van der Waals surface area contributed by atoms with Gasteiger partial charge in [0, 0.05) is 27.2 Å². The summed E-state index contributed by atoms with van der Waals surface area (Å²) >= 11 is 3.59. The minimum absolute atomic E-state index is 0.188. The first kappa shape index (κ1) is 22.4. The maximum atomic E-state index is 13.9. The number of carbonyl (C=O) groups is 1. The van der Waals surface area contributed by atoms with E-state index in [9.17, 15) is 9.18 Å². The van der Waals surface area contributed by atoms with Crippen molar-refractivity contribution >= 4 is 34.8 Å². The minimum atomic E-state index is -0.322. The van der Waals surface area contributed by atoms with Crippen LogP contribution in [0.5, 0.6) is 0 Å². The van der Waals surface area contributed by atoms with Crippen molar-refractivity contribution in [2.24, 2.45) is 0 Å². The molecule has 0 spiro atoms. The van der Waals surface area contributed by atoms with Crippen molar-refractivity contribution in [3.63, 3.8) is 0 Å². The van der Waals surface area contributed by atoms with Gasteiger partial charge in [-0.1, -0.05) is 12.1 Å². The molecule has 2 amide bonds. The van der Waals surface area contributed by atoms with E-state index in [-0.39, 0.29) is 17.9 Å². The Morgan fingerprint density at radius 3 is 2.57 bits per heavy atom. The molecule has 3 heterocycles. The number of benzene rings is 2. The lowest BCUT2D eigenvalue weighted by atomic mass is 9.95. The van der Waals surface area contributed by atoms with Crippen LogP contribution in [0, 0.1) is 5.82 Å². The highest BCUT2D eigenvalue weighted by molar-refractivity contribution is 7.98. The predicted octanol–water partition coefficient (Wildman–Crippen LogP) is 7.42. The Morgan fingerprint density at radius 2 is 1.80 bits per heavy atom. The number of hydrogen-bond acceptors (Lipinski definition) is 3. The lowest BCUT2D eigenvalue weighted by Gasteiger charge is -2.31. The molecular formula is C28H26FN3OS2. The van der Waals surface area contributed by atoms with E-state index >= 15 is 0 Å². The second-order valence-corrected chi connectivity index (χ2v) is 11.0. The SMILES string of the molecule is CSc1ccc(C2c3cccn3-c3sc4c(c3CN2C(=O)Nc2ccc(F)cc2)CCCC4)cc1. The summed E-state index contributed by atoms with van der Waals surface area (Å²) < 4.78 is 15.8. The molecule has 1 N–H and O–H groups in total. The minimum Gasteiger partial charge on any atom is -0.310 e. The van der Waals surface area contributed by atoms with E-state index in [0.717, 1.165) is 24.1 Å². The summed E-state index contributed by atoms with van der Waals surface area (Å²) in [5.41, 5.74) is 5.42. The van der Waals surface area contributed by atoms with Gasteiger partial charge in [0.05, 0.1) is 18.3 Å². The lowest BCUT2D eigenvalue weighted by Crippen LogP contribution is -2.38. The van der Waals surface area contributed by atoms with Gasteiger partial charge >= 0.3 is 6.03 Å². The fraction of sp³-hybridized carbons (Fsp3) is 0.250. The number of urea groups is 1. The number of halogens is 1. The molecule has 1 aliphatic carbocycles. The van der Waals surface area contributed by atoms with Crippen molar-refractivity contribution in [1.29, 1.82) is 0 Å². The van der Waals surface area contributed by atoms with E-state index in [0.29, 0.717) is 12.2 Å². The van der Waals surface area contributed by atoms with Crippen LogP contribution in [0.2, 0.25) is 0 Å². The summed E-state index contributed by atoms with van der Waals surface area (Å²) in [5, 5.41) is 4.26. The Balaban J connectivity index is 1.48. The van der Waals surface area contributed by atoms with Gasteiger partial charge in [-0.05, 0) is 91.6 Å². The van der Waals surface area contributed by atoms with Crippen LogP contribution >= 0.6 is 23.1 Å². The zero-order valence-electron chi connectivity index (χ0n) is 19.5. The fourth-order valence-corrected chi connectivity index (χ4v) is 7.06. The molecule has 2 aromatic carbocycles. The third-order valence-corrected chi connectivity index (χ3v) is 9.04. The molecule has 0 radical (unpaired) electrons. The number of amides is 2. The van der Waals surface area contributed by atoms with Crippen LogP contribution < -0.4 is 5.32 Å². The van der Waals surface area contributed by atoms with Crippen molar-refractivity contribution < 1.29 is 9.18 Å². The van der Waals surface area contributed by atoms with E-state index in [1.165, 1.54) is 50.9 Å². The zero-order chi connectivity index (χ0) is 23.9. The highest BCUT2D eigenvalue weighted by atomic mass is 32.2. The van der Waals surface area contributed by atoms with Crippen LogP contribution in [0.4, 0.5) is 14.9 Å². The van der Waals surface area contributed by atoms with Crippen LogP contribution in [0.3, 0.4) is 0 Å². The molecular weight excluding hydrogens is 477 g/mol. The maximum absolute atomic E-state index is 13.9. The van der Waals surface area contributed by atoms with E-state index in [4.69, 9.17) is 0 Å². The number of carbonyl (C=O) groups excluding carboxylic acids is 1. The number of fused-ring (bicyclic) bond motifs is 5. The molecule has 1 atom stereocenters. The average molecular weight is 504 g/mol. The van der Waals surface area contributed by atoms with Gasteiger partial charge in [0.25, 0.3) is 0 Å². The molecule has 2 aromatic heterocycles. The first-order valence-corrected chi connectivity index (χ1v) is 13.9. The Labute approximate surface area is 212 Å². The highest BCUT2D eigenvalue weighted by Gasteiger charge is 2.36. The number of nitrogens with one attached hydrogen (secondary N) is 1. The standard InChI is InChI=1S/C28H26FN3OS2/c1-34-21-14-8-18(9-15-21)26-24-6-4-16-31(24)27-23(22-5-2-3-7-25(22)35-27)17-32(26)28(33)30-20-12-10-19(29)11-13-20/h4,6,8-16,26H,2-3,5,7,17H2,1H3,(H,30,33). The van der Waals surface area contributed by atoms with Crippen LogP contribution in [-0.2, 0) is 19.4 Å². The second-order valence-electron chi connectivity index (χ2n) is 9.04. The van der Waals surface area contributed by atoms with Crippen molar-refractivity contribution in [2.45, 2.75) is 43.2 Å². The summed E-state index contributed by atoms with van der Waals surface area (Å²) in [6.45, 7) is 0.533. The summed E-state index contributed by atoms with van der Waals surface area (Å²) in [5.74, 6) is -0.322. The topological polar surface area (TPSA) is 37.3 Å². The van der Waals surface area contributed by atoms with Crippen LogP contribution in [0.15, 0.2) is 71.8 Å². The normalized spacial score (nSPS) is 16.7. The predicted molar refractivity (Wildman–Crippen MR) is 141 cm³/mol. The zero-order valence-corrected chi connectivity index (χ0v) is 21.1. The third kappa shape index (κ3) is 4.06. The number of aromatic nitrogens is 1. The Hall–Kier alpha value is -3.03. The Bertz CT molecular complexity index is 1370. The van der Waals surface area contributed by atoms with Gasteiger partial charge in [-0.3, -0.25) is 0 Å². The molecule has 0 bridgehead atoms. The molecule has 4 aromatic rings. The molecule has 4 nitrogen and oxygen atoms in total. The quantitative estimate of drug-likeness (QED) is 0.296. The molecule has 178 valence electrons. The van der Waals surface area contributed by atoms with E-state index < -0.39 is 0 Å². The molecule has 6 rings (SSSR count). The van der Waals surface area contributed by atoms with Gasteiger partial charge in [0.15, 0.2) is 0 Å². The van der Waals surface area contributed by atoms with E-state index in [2.05, 4.69) is 58.7 Å². The molecule has 0 saturated carbocycles. The van der Waals surface area contributed by atoms with Crippen LogP contribution in [0.1, 0.15) is 46.1 Å². The number of aryl methyl sites for hydroxylation is 1. The lowest BCUT2D eigenvalue weighted by molar-refractivity contribution is 0.194. The van der Waals surface area contributed by atoms with Gasteiger partial charge in [-0.15, -0.1) is 23.1 Å². The number of thioether (sulfide) groups is 1. The molecule has 2 aliphatic rings. The van der Waals surface area contributed by atoms with Gasteiger partial charge < -0.3 is 14.8 Å². The number of rotatable bonds is 3. The van der Waals surface area contributed by atoms with Gasteiger partial charge in [0.1, 0.15) is 10.8 Å². The van der Waals surface area contributed by atoms with Gasteiger partial charge in [-0.2, -0.15) is 0 Å². The smallest absolute Gasteiger partial charge is 0.310 e. The summed E-state index contributed by atoms with van der Waals surface area (Å²) in [6, 6.07) is 18.2. The van der Waals surface area contributed by atoms with Crippen molar-refractivity contribution in [1.82, 2.24) is 9.47 Å². The first-order chi connectivity index (χ1) is 17.1. The molecule has 0 saturated heterocycles. The van der Waals surface area contributed by atoms with Crippen molar-refractivity contribution in [3.8, 4) is 5.00 Å². The summed E-state index contributed by atoms with van der Waals surface area (Å²) in [7, 11) is 0. The van der Waals surface area contributed by atoms with Crippen LogP contribution in [0.25, 0.3) is 5.00 Å². The summed E-state index contributed by atoms with van der Waals surface area (Å²) in [6.07, 6.45) is 8.79. The summed E-state index contributed by atoms with van der Waals surface area (Å²) in [4.78, 5) is 18.4. The molecule has 0 fully saturated rings. The van der Waals surface area contributed by atoms with Crippen LogP contribution in [-0.4, -0.2) is 21.8 Å². The molecule has 7 heteroatoms. The molecule has 1 unspecified atom stereocenters. The highest BCUT2D eigenvalue weighted by Crippen LogP contribution is 2.44. The third-order valence-electron chi connectivity index (χ3n) is 6.97. The molecule has 35 heavy (non-hydrogen) atoms. The monoisotopic (exact) mass is 503 g/mol. The Morgan fingerprint density at radius 1 is 1.03 bits per heavy atom. The number of nitrogens with zero attached hydrogens (tertiary/aromatic N) is 2. The molecule has 1 aliphatic heterocycles. The van der Waals surface area contributed by atoms with Gasteiger partial charge in [0.2, 0.25) is 0 Å². The fourth-order valence-electron chi connectivity index (χ4n) is 5.25. The first-order valence-electron chi connectivity index (χ1n) is 11.9. The number of hydrogen-bond donors (Lipinski definition) is 1.